The van der Waals surface area contributed by atoms with Gasteiger partial charge in [-0.1, -0.05) is 0 Å². The molecule has 16 heteroatoms. The normalized spacial score (nSPS) is 8.60. The van der Waals surface area contributed by atoms with E-state index in [1.165, 1.54) is 0 Å². The van der Waals surface area contributed by atoms with Crippen LogP contribution in [-0.2, 0) is 54.9 Å². The molecule has 0 N–H and O–H groups in total. The van der Waals surface area contributed by atoms with Crippen LogP contribution in [0.5, 0.6) is 0 Å². The Labute approximate surface area is 220 Å². The van der Waals surface area contributed by atoms with Crippen LogP contribution in [-0.4, -0.2) is 35.0 Å². The van der Waals surface area contributed by atoms with E-state index in [9.17, 15) is 23.5 Å². The first kappa shape index (κ1) is 38.6. The first-order valence-electron chi connectivity index (χ1n) is 3.15. The monoisotopic (exact) mass is 436 g/mol. The Morgan fingerprint density at radius 1 is 0.800 bits per heavy atom. The van der Waals surface area contributed by atoms with E-state index in [-0.39, 0.29) is 126 Å². The molecule has 0 saturated heterocycles. The molecule has 0 aromatic carbocycles. The van der Waals surface area contributed by atoms with Gasteiger partial charge in [0.15, 0.2) is 0 Å². The molecule has 0 aromatic heterocycles. The summed E-state index contributed by atoms with van der Waals surface area (Å²) in [4.78, 5) is 17.8. The van der Waals surface area contributed by atoms with E-state index < -0.39 is 39.2 Å². The van der Waals surface area contributed by atoms with Gasteiger partial charge in [0, 0.05) is 11.9 Å². The van der Waals surface area contributed by atoms with Gasteiger partial charge >= 0.3 is 179 Å². The summed E-state index contributed by atoms with van der Waals surface area (Å²) in [6.07, 6.45) is 0. The van der Waals surface area contributed by atoms with Gasteiger partial charge in [0.25, 0.3) is 0 Å². The molecule has 0 radical (unpaired) electrons. The van der Waals surface area contributed by atoms with E-state index in [2.05, 4.69) is 2.84 Å². The second kappa shape index (κ2) is 20.2. The van der Waals surface area contributed by atoms with Crippen molar-refractivity contribution in [2.75, 3.05) is 0 Å². The predicted molar refractivity (Wildman–Crippen MR) is 30.9 cm³/mol. The molecule has 0 rings (SSSR count). The molecule has 0 saturated carbocycles. The average molecular weight is 437 g/mol. The van der Waals surface area contributed by atoms with Crippen molar-refractivity contribution >= 4 is 35.0 Å². The van der Waals surface area contributed by atoms with Gasteiger partial charge in [-0.25, -0.2) is 0 Å². The molecule has 0 aromatic rings. The van der Waals surface area contributed by atoms with Gasteiger partial charge in [0.05, 0.1) is 0 Å². The van der Waals surface area contributed by atoms with E-state index in [0.717, 1.165) is 13.8 Å². The van der Waals surface area contributed by atoms with Crippen LogP contribution in [0.2, 0.25) is 0 Å². The van der Waals surface area contributed by atoms with Crippen molar-refractivity contribution in [3.8, 4) is 0 Å². The van der Waals surface area contributed by atoms with Gasteiger partial charge in [-0.3, -0.25) is 0 Å². The second-order valence-corrected chi connectivity index (χ2v) is 5.51. The summed E-state index contributed by atoms with van der Waals surface area (Å²) in [6.45, 7) is 1.94. The molecule has 20 heavy (non-hydrogen) atoms. The van der Waals surface area contributed by atoms with Crippen LogP contribution in [0.25, 0.3) is 0 Å². The maximum atomic E-state index is 9.38. The van der Waals surface area contributed by atoms with Gasteiger partial charge < -0.3 is 19.8 Å². The molecule has 0 aliphatic carbocycles. The molecule has 0 unspecified atom stereocenters. The van der Waals surface area contributed by atoms with Crippen LogP contribution in [0.3, 0.4) is 0 Å². The fourth-order valence-electron chi connectivity index (χ4n) is 0.102. The standard InChI is InChI=1S/2C2H4O2.2Cr.2K.Mg.7O/c2*1-2(3)4;;;;;;;;;;;;/h2*1H3,(H,3,4);;;;;;;;;;;;/q;;;;2*+1;+2;;;;;;2*-1/p-2. The molecule has 0 aliphatic heterocycles. The van der Waals surface area contributed by atoms with Gasteiger partial charge in [0.2, 0.25) is 0 Å². The summed E-state index contributed by atoms with van der Waals surface area (Å²) >= 11 is -12.1. The summed E-state index contributed by atoms with van der Waals surface area (Å²) < 4.78 is 58.9. The molecule has 0 fully saturated rings. The minimum absolute atomic E-state index is 0. The molecule has 0 atom stereocenters. The van der Waals surface area contributed by atoms with Crippen LogP contribution in [0.15, 0.2) is 0 Å². The number of carbonyl (C=O) groups is 2. The Balaban J connectivity index is -0.0000000386. The van der Waals surface area contributed by atoms with Gasteiger partial charge in [0.1, 0.15) is 0 Å². The van der Waals surface area contributed by atoms with Gasteiger partial charge in [-0.15, -0.1) is 0 Å². The summed E-state index contributed by atoms with van der Waals surface area (Å²) in [5, 5.41) is 17.8. The number of rotatable bonds is 2. The maximum absolute atomic E-state index is 9.38. The fourth-order valence-corrected chi connectivity index (χ4v) is 1.74. The third kappa shape index (κ3) is 103. The van der Waals surface area contributed by atoms with Crippen molar-refractivity contribution in [3.05, 3.63) is 0 Å². The van der Waals surface area contributed by atoms with Gasteiger partial charge in [-0.05, 0) is 13.8 Å². The van der Waals surface area contributed by atoms with Crippen LogP contribution >= 0.6 is 0 Å². The predicted octanol–water partition coefficient (Wildman–Crippen LogP) is -11.8. The number of hydrogen-bond acceptors (Lipinski definition) is 11. The van der Waals surface area contributed by atoms with Gasteiger partial charge in [-0.2, -0.15) is 0 Å². The first-order chi connectivity index (χ1) is 7.17. The van der Waals surface area contributed by atoms with E-state index in [1.807, 2.05) is 0 Å². The molecule has 0 spiro atoms. The Kier molecular flexibility index (Phi) is 38.9. The van der Waals surface area contributed by atoms with Crippen molar-refractivity contribution in [3.63, 3.8) is 0 Å². The van der Waals surface area contributed by atoms with Crippen LogP contribution in [0.4, 0.5) is 0 Å². The zero-order valence-electron chi connectivity index (χ0n) is 11.0. The third-order valence-corrected chi connectivity index (χ3v) is 2.83. The summed E-state index contributed by atoms with van der Waals surface area (Å²) in [5.41, 5.74) is 0. The second-order valence-electron chi connectivity index (χ2n) is 1.87. The zero-order chi connectivity index (χ0) is 14.9. The molecular formula is C4H6Cr2K2MgO11. The number of aliphatic carboxylic acids is 2. The molecule has 0 aliphatic rings. The van der Waals surface area contributed by atoms with Crippen molar-refractivity contribution in [2.45, 2.75) is 13.8 Å². The molecule has 0 bridgehead atoms. The van der Waals surface area contributed by atoms with Crippen molar-refractivity contribution < 1.29 is 176 Å². The Morgan fingerprint density at radius 2 is 0.900 bits per heavy atom. The Bertz CT molecular complexity index is 393. The van der Waals surface area contributed by atoms with E-state index >= 15 is 0 Å². The molecular weight excluding hydrogens is 431 g/mol. The van der Waals surface area contributed by atoms with E-state index in [4.69, 9.17) is 19.8 Å². The average Bonchev–Trinajstić information content (AvgIpc) is 1.70. The number of carbonyl (C=O) groups excluding carboxylic acids is 2. The summed E-state index contributed by atoms with van der Waals surface area (Å²) in [5.74, 6) is -2.17. The molecule has 104 valence electrons. The van der Waals surface area contributed by atoms with E-state index in [0.29, 0.717) is 0 Å². The topological polar surface area (TPSA) is 204 Å². The van der Waals surface area contributed by atoms with Crippen LogP contribution in [0.1, 0.15) is 13.8 Å². The minimum atomic E-state index is -6.07. The van der Waals surface area contributed by atoms with Crippen molar-refractivity contribution in [1.29, 1.82) is 0 Å². The summed E-state index contributed by atoms with van der Waals surface area (Å²) in [7, 11) is 0. The van der Waals surface area contributed by atoms with E-state index in [1.54, 1.807) is 0 Å². The fraction of sp³-hybridized carbons (Fsp3) is 0.500. The number of hydrogen-bond donors (Lipinski definition) is 0. The molecule has 0 heterocycles. The third-order valence-electron chi connectivity index (χ3n) is 0.167. The number of carboxylic acid groups (broad SMARTS) is 2. The Morgan fingerprint density at radius 3 is 0.900 bits per heavy atom. The number of carboxylic acids is 2. The summed E-state index contributed by atoms with van der Waals surface area (Å²) in [6, 6.07) is 0. The first-order valence-corrected chi connectivity index (χ1v) is 7.31. The zero-order valence-corrected chi connectivity index (χ0v) is 21.2. The molecule has 0 amide bonds. The Hall–Kier alpha value is 3.12. The van der Waals surface area contributed by atoms with Crippen LogP contribution in [0, 0.1) is 0 Å². The van der Waals surface area contributed by atoms with Crippen molar-refractivity contribution in [2.24, 2.45) is 0 Å². The molecule has 11 nitrogen and oxygen atoms in total. The quantitative estimate of drug-likeness (QED) is 0.371. The van der Waals surface area contributed by atoms with Crippen molar-refractivity contribution in [1.82, 2.24) is 0 Å². The SMILES string of the molecule is CC(=O)[O-].CC(=O)[O-].[K+].[K+].[Mg+2].[O]=[Cr](=[O])([O-])[O][Cr](=[O])(=[O])[O-]. The van der Waals surface area contributed by atoms with Crippen LogP contribution < -0.4 is 121 Å².